The van der Waals surface area contributed by atoms with Crippen LogP contribution in [-0.2, 0) is 6.18 Å². The summed E-state index contributed by atoms with van der Waals surface area (Å²) in [4.78, 5) is 7.76. The van der Waals surface area contributed by atoms with E-state index in [1.54, 1.807) is 0 Å². The van der Waals surface area contributed by atoms with Gasteiger partial charge in [0.1, 0.15) is 16.5 Å². The van der Waals surface area contributed by atoms with E-state index < -0.39 is 17.6 Å². The molecule has 1 aromatic carbocycles. The first-order valence-electron chi connectivity index (χ1n) is 5.54. The molecular weight excluding hydrogens is 308 g/mol. The zero-order chi connectivity index (χ0) is 15.6. The van der Waals surface area contributed by atoms with Gasteiger partial charge in [-0.15, -0.1) is 0 Å². The van der Waals surface area contributed by atoms with Crippen molar-refractivity contribution in [1.29, 1.82) is 0 Å². The Kier molecular flexibility index (Phi) is 4.03. The molecule has 110 valence electrons. The van der Waals surface area contributed by atoms with E-state index in [0.717, 1.165) is 6.07 Å². The highest BCUT2D eigenvalue weighted by Gasteiger charge is 2.34. The standard InChI is InChI=1S/C12H8F4N4S/c13-8-2-1-6(5-7(8)12(14,15)16)19-11-18-4-3-9(20-11)10(17)21/h1-5H,(H2,17,21)(H,18,19,20). The van der Waals surface area contributed by atoms with E-state index in [0.29, 0.717) is 12.1 Å². The largest absolute Gasteiger partial charge is 0.419 e. The Labute approximate surface area is 122 Å². The topological polar surface area (TPSA) is 63.8 Å². The third-order valence-electron chi connectivity index (χ3n) is 2.44. The van der Waals surface area contributed by atoms with E-state index in [9.17, 15) is 17.6 Å². The number of rotatable bonds is 3. The molecule has 3 N–H and O–H groups in total. The SMILES string of the molecule is NC(=S)c1ccnc(Nc2ccc(F)c(C(F)(F)F)c2)n1. The van der Waals surface area contributed by atoms with Crippen LogP contribution in [0.4, 0.5) is 29.2 Å². The first-order valence-corrected chi connectivity index (χ1v) is 5.95. The van der Waals surface area contributed by atoms with Crippen LogP contribution in [0.1, 0.15) is 11.3 Å². The van der Waals surface area contributed by atoms with Crippen molar-refractivity contribution in [3.8, 4) is 0 Å². The molecule has 0 radical (unpaired) electrons. The molecule has 0 aliphatic rings. The third kappa shape index (κ3) is 3.63. The maximum Gasteiger partial charge on any atom is 0.419 e. The van der Waals surface area contributed by atoms with Crippen LogP contribution in [0, 0.1) is 5.82 Å². The van der Waals surface area contributed by atoms with Crippen molar-refractivity contribution in [3.05, 3.63) is 47.5 Å². The number of nitrogens with zero attached hydrogens (tertiary/aromatic N) is 2. The smallest absolute Gasteiger partial charge is 0.388 e. The molecule has 0 fully saturated rings. The normalized spacial score (nSPS) is 11.2. The second kappa shape index (κ2) is 5.60. The van der Waals surface area contributed by atoms with Crippen LogP contribution < -0.4 is 11.1 Å². The van der Waals surface area contributed by atoms with Gasteiger partial charge in [-0.25, -0.2) is 14.4 Å². The molecule has 2 aromatic rings. The molecule has 21 heavy (non-hydrogen) atoms. The van der Waals surface area contributed by atoms with Crippen molar-refractivity contribution in [2.75, 3.05) is 5.32 Å². The van der Waals surface area contributed by atoms with Crippen LogP contribution >= 0.6 is 12.2 Å². The molecule has 0 aliphatic carbocycles. The van der Waals surface area contributed by atoms with Gasteiger partial charge in [-0.3, -0.25) is 0 Å². The zero-order valence-electron chi connectivity index (χ0n) is 10.3. The summed E-state index contributed by atoms with van der Waals surface area (Å²) in [7, 11) is 0. The number of hydrogen-bond acceptors (Lipinski definition) is 4. The second-order valence-corrected chi connectivity index (χ2v) is 4.39. The summed E-state index contributed by atoms with van der Waals surface area (Å²) in [6.07, 6.45) is -3.44. The molecular formula is C12H8F4N4S. The highest BCUT2D eigenvalue weighted by molar-refractivity contribution is 7.80. The molecule has 0 saturated heterocycles. The number of anilines is 2. The van der Waals surface area contributed by atoms with E-state index in [2.05, 4.69) is 15.3 Å². The predicted octanol–water partition coefficient (Wildman–Crippen LogP) is 3.01. The minimum atomic E-state index is -4.79. The zero-order valence-corrected chi connectivity index (χ0v) is 11.1. The summed E-state index contributed by atoms with van der Waals surface area (Å²) in [5.74, 6) is -1.36. The van der Waals surface area contributed by atoms with Crippen LogP contribution in [-0.4, -0.2) is 15.0 Å². The lowest BCUT2D eigenvalue weighted by atomic mass is 10.2. The summed E-state index contributed by atoms with van der Waals surface area (Å²) in [6, 6.07) is 3.94. The number of hydrogen-bond donors (Lipinski definition) is 2. The van der Waals surface area contributed by atoms with E-state index in [4.69, 9.17) is 18.0 Å². The lowest BCUT2D eigenvalue weighted by Crippen LogP contribution is -2.13. The van der Waals surface area contributed by atoms with Crippen molar-refractivity contribution < 1.29 is 17.6 Å². The summed E-state index contributed by atoms with van der Waals surface area (Å²) < 4.78 is 51.0. The summed E-state index contributed by atoms with van der Waals surface area (Å²) in [5.41, 5.74) is 4.27. The molecule has 0 saturated carbocycles. The average molecular weight is 316 g/mol. The number of nitrogens with one attached hydrogen (secondary N) is 1. The van der Waals surface area contributed by atoms with Crippen LogP contribution in [0.25, 0.3) is 0 Å². The van der Waals surface area contributed by atoms with Gasteiger partial charge in [0.2, 0.25) is 5.95 Å². The van der Waals surface area contributed by atoms with Gasteiger partial charge in [0, 0.05) is 11.9 Å². The second-order valence-electron chi connectivity index (χ2n) is 3.95. The maximum absolute atomic E-state index is 13.2. The summed E-state index contributed by atoms with van der Waals surface area (Å²) in [6.45, 7) is 0. The van der Waals surface area contributed by atoms with E-state index in [1.165, 1.54) is 12.3 Å². The minimum absolute atomic E-state index is 0.0000302. The van der Waals surface area contributed by atoms with Crippen molar-refractivity contribution in [2.24, 2.45) is 5.73 Å². The van der Waals surface area contributed by atoms with Crippen LogP contribution in [0.3, 0.4) is 0 Å². The van der Waals surface area contributed by atoms with Gasteiger partial charge in [-0.05, 0) is 24.3 Å². The fraction of sp³-hybridized carbons (Fsp3) is 0.0833. The number of benzene rings is 1. The molecule has 9 heteroatoms. The lowest BCUT2D eigenvalue weighted by Gasteiger charge is -2.11. The Morgan fingerprint density at radius 2 is 1.95 bits per heavy atom. The molecule has 1 heterocycles. The quantitative estimate of drug-likeness (QED) is 0.673. The number of thiocarbonyl (C=S) groups is 1. The Balaban J connectivity index is 2.32. The number of alkyl halides is 3. The Morgan fingerprint density at radius 1 is 1.24 bits per heavy atom. The van der Waals surface area contributed by atoms with Crippen molar-refractivity contribution >= 4 is 28.8 Å². The third-order valence-corrected chi connectivity index (χ3v) is 2.65. The van der Waals surface area contributed by atoms with Gasteiger partial charge in [-0.1, -0.05) is 12.2 Å². The first-order chi connectivity index (χ1) is 9.77. The molecule has 0 unspecified atom stereocenters. The average Bonchev–Trinajstić information content (AvgIpc) is 2.40. The number of halogens is 4. The van der Waals surface area contributed by atoms with E-state index in [1.807, 2.05) is 0 Å². The minimum Gasteiger partial charge on any atom is -0.388 e. The molecule has 0 spiro atoms. The van der Waals surface area contributed by atoms with Gasteiger partial charge >= 0.3 is 6.18 Å². The lowest BCUT2D eigenvalue weighted by molar-refractivity contribution is -0.139. The fourth-order valence-corrected chi connectivity index (χ4v) is 1.62. The van der Waals surface area contributed by atoms with Crippen molar-refractivity contribution in [1.82, 2.24) is 9.97 Å². The maximum atomic E-state index is 13.2. The fourth-order valence-electron chi connectivity index (χ4n) is 1.51. The predicted molar refractivity (Wildman–Crippen MR) is 72.6 cm³/mol. The molecule has 0 atom stereocenters. The van der Waals surface area contributed by atoms with Crippen LogP contribution in [0.2, 0.25) is 0 Å². The molecule has 2 rings (SSSR count). The Hall–Kier alpha value is -2.29. The Bertz CT molecular complexity index is 687. The highest BCUT2D eigenvalue weighted by Crippen LogP contribution is 2.33. The molecule has 0 bridgehead atoms. The number of nitrogens with two attached hydrogens (primary N) is 1. The van der Waals surface area contributed by atoms with E-state index >= 15 is 0 Å². The van der Waals surface area contributed by atoms with Gasteiger partial charge in [0.15, 0.2) is 0 Å². The van der Waals surface area contributed by atoms with Crippen LogP contribution in [0.5, 0.6) is 0 Å². The van der Waals surface area contributed by atoms with Crippen molar-refractivity contribution in [3.63, 3.8) is 0 Å². The number of aromatic nitrogens is 2. The molecule has 4 nitrogen and oxygen atoms in total. The molecule has 1 aromatic heterocycles. The van der Waals surface area contributed by atoms with E-state index in [-0.39, 0.29) is 22.3 Å². The molecule has 0 amide bonds. The van der Waals surface area contributed by atoms with Gasteiger partial charge in [0.25, 0.3) is 0 Å². The molecule has 0 aliphatic heterocycles. The van der Waals surface area contributed by atoms with Gasteiger partial charge in [-0.2, -0.15) is 13.2 Å². The highest BCUT2D eigenvalue weighted by atomic mass is 32.1. The van der Waals surface area contributed by atoms with Gasteiger partial charge in [0.05, 0.1) is 5.56 Å². The van der Waals surface area contributed by atoms with Crippen molar-refractivity contribution in [2.45, 2.75) is 6.18 Å². The van der Waals surface area contributed by atoms with Crippen LogP contribution in [0.15, 0.2) is 30.5 Å². The monoisotopic (exact) mass is 316 g/mol. The summed E-state index contributed by atoms with van der Waals surface area (Å²) in [5, 5.41) is 2.53. The Morgan fingerprint density at radius 3 is 2.57 bits per heavy atom. The summed E-state index contributed by atoms with van der Waals surface area (Å²) >= 11 is 4.73. The van der Waals surface area contributed by atoms with Gasteiger partial charge < -0.3 is 11.1 Å². The first kappa shape index (κ1) is 15.1.